The number of carbonyl (C=O) groups excluding carboxylic acids is 3. The van der Waals surface area contributed by atoms with Gasteiger partial charge < -0.3 is 15.4 Å². The lowest BCUT2D eigenvalue weighted by atomic mass is 10.2. The summed E-state index contributed by atoms with van der Waals surface area (Å²) in [5.41, 5.74) is 0.689. The van der Waals surface area contributed by atoms with E-state index >= 15 is 0 Å². The van der Waals surface area contributed by atoms with Crippen LogP contribution in [0.2, 0.25) is 0 Å². The molecule has 0 atom stereocenters. The molecule has 1 fully saturated rings. The molecule has 7 nitrogen and oxygen atoms in total. The first-order valence-electron chi connectivity index (χ1n) is 8.92. The summed E-state index contributed by atoms with van der Waals surface area (Å²) in [7, 11) is 0. The maximum absolute atomic E-state index is 13.7. The molecule has 0 unspecified atom stereocenters. The Morgan fingerprint density at radius 2 is 1.90 bits per heavy atom. The fourth-order valence-corrected chi connectivity index (χ4v) is 4.85. The first-order valence-corrected chi connectivity index (χ1v) is 11.1. The van der Waals surface area contributed by atoms with Crippen LogP contribution in [0.25, 0.3) is 6.08 Å². The Hall–Kier alpha value is -2.48. The first-order chi connectivity index (χ1) is 14.8. The van der Waals surface area contributed by atoms with Crippen LogP contribution in [0, 0.1) is 13.0 Å². The molecule has 0 bridgehead atoms. The number of hydrogen-bond donors (Lipinski definition) is 2. The topological polar surface area (TPSA) is 87.7 Å². The molecule has 2 N–H and O–H groups in total. The van der Waals surface area contributed by atoms with Crippen molar-refractivity contribution in [2.45, 2.75) is 0 Å². The Morgan fingerprint density at radius 3 is 2.55 bits per heavy atom. The van der Waals surface area contributed by atoms with Crippen molar-refractivity contribution in [3.05, 3.63) is 73.3 Å². The Labute approximate surface area is 205 Å². The van der Waals surface area contributed by atoms with E-state index in [0.29, 0.717) is 17.9 Å². The van der Waals surface area contributed by atoms with E-state index in [1.165, 1.54) is 24.3 Å². The monoisotopic (exact) mass is 647 g/mol. The molecule has 0 aromatic heterocycles. The summed E-state index contributed by atoms with van der Waals surface area (Å²) in [6.07, 6.45) is 3.17. The van der Waals surface area contributed by atoms with Gasteiger partial charge in [0.05, 0.1) is 12.8 Å². The van der Waals surface area contributed by atoms with Crippen molar-refractivity contribution in [1.29, 1.82) is 0 Å². The van der Waals surface area contributed by atoms with E-state index in [-0.39, 0.29) is 11.4 Å². The fraction of sp³-hybridized carbons (Fsp3) is 0.0952. The van der Waals surface area contributed by atoms with Crippen LogP contribution in [-0.4, -0.2) is 35.9 Å². The van der Waals surface area contributed by atoms with Crippen LogP contribution in [0.4, 0.5) is 14.9 Å². The summed E-state index contributed by atoms with van der Waals surface area (Å²) < 4.78 is 21.0. The van der Waals surface area contributed by atoms with Crippen molar-refractivity contribution in [2.24, 2.45) is 0 Å². The molecule has 160 valence electrons. The second kappa shape index (κ2) is 10.2. The van der Waals surface area contributed by atoms with Gasteiger partial charge in [0.2, 0.25) is 5.91 Å². The predicted octanol–water partition coefficient (Wildman–Crippen LogP) is 4.13. The average molecular weight is 647 g/mol. The third-order valence-electron chi connectivity index (χ3n) is 4.09. The van der Waals surface area contributed by atoms with Gasteiger partial charge in [0, 0.05) is 0 Å². The molecule has 1 aliphatic rings. The minimum Gasteiger partial charge on any atom is -0.487 e. The van der Waals surface area contributed by atoms with Crippen LogP contribution in [0.1, 0.15) is 5.56 Å². The summed E-state index contributed by atoms with van der Waals surface area (Å²) in [6.45, 7) is 3.45. The molecule has 1 saturated heterocycles. The summed E-state index contributed by atoms with van der Waals surface area (Å²) in [5, 5.41) is 4.82. The second-order valence-electron chi connectivity index (χ2n) is 6.32. The third-order valence-corrected chi connectivity index (χ3v) is 5.69. The number of nitrogens with zero attached hydrogens (tertiary/aromatic N) is 1. The summed E-state index contributed by atoms with van der Waals surface area (Å²) in [4.78, 5) is 37.8. The molecule has 2 aromatic carbocycles. The summed E-state index contributed by atoms with van der Waals surface area (Å²) in [6, 6.07) is 8.51. The number of imide groups is 1. The van der Waals surface area contributed by atoms with E-state index in [2.05, 4.69) is 62.4 Å². The van der Waals surface area contributed by atoms with Gasteiger partial charge in [-0.1, -0.05) is 24.8 Å². The van der Waals surface area contributed by atoms with Crippen molar-refractivity contribution in [3.8, 4) is 5.75 Å². The lowest BCUT2D eigenvalue weighted by Crippen LogP contribution is -2.38. The molecule has 0 radical (unpaired) electrons. The molecule has 1 heterocycles. The van der Waals surface area contributed by atoms with E-state index < -0.39 is 30.2 Å². The van der Waals surface area contributed by atoms with Gasteiger partial charge in [0.1, 0.15) is 30.4 Å². The van der Waals surface area contributed by atoms with Gasteiger partial charge in [-0.25, -0.2) is 14.1 Å². The number of carbonyl (C=O) groups is 3. The number of amides is 4. The van der Waals surface area contributed by atoms with Crippen molar-refractivity contribution < 1.29 is 23.5 Å². The first kappa shape index (κ1) is 23.2. The van der Waals surface area contributed by atoms with Crippen LogP contribution in [0.15, 0.2) is 54.8 Å². The summed E-state index contributed by atoms with van der Waals surface area (Å²) in [5.74, 6) is -1.25. The number of rotatable bonds is 7. The number of hydrogen-bond acceptors (Lipinski definition) is 4. The minimum absolute atomic E-state index is 0.0294. The molecule has 0 aliphatic carbocycles. The van der Waals surface area contributed by atoms with Crippen LogP contribution in [0.5, 0.6) is 5.75 Å². The predicted molar refractivity (Wildman–Crippen MR) is 131 cm³/mol. The highest BCUT2D eigenvalue weighted by molar-refractivity contribution is 14.1. The Morgan fingerprint density at radius 1 is 1.23 bits per heavy atom. The maximum Gasteiger partial charge on any atom is 0.329 e. The van der Waals surface area contributed by atoms with Crippen LogP contribution >= 0.6 is 45.2 Å². The minimum atomic E-state index is -0.727. The normalized spacial score (nSPS) is 14.5. The number of para-hydroxylation sites is 1. The number of nitrogens with one attached hydrogen (secondary N) is 2. The summed E-state index contributed by atoms with van der Waals surface area (Å²) >= 11 is 4.24. The maximum atomic E-state index is 13.7. The van der Waals surface area contributed by atoms with Gasteiger partial charge in [-0.2, -0.15) is 0 Å². The van der Waals surface area contributed by atoms with Crippen molar-refractivity contribution in [3.63, 3.8) is 0 Å². The van der Waals surface area contributed by atoms with Crippen molar-refractivity contribution in [2.75, 3.05) is 18.5 Å². The highest BCUT2D eigenvalue weighted by Crippen LogP contribution is 2.30. The highest BCUT2D eigenvalue weighted by Gasteiger charge is 2.35. The highest BCUT2D eigenvalue weighted by atomic mass is 127. The van der Waals surface area contributed by atoms with E-state index in [9.17, 15) is 18.8 Å². The van der Waals surface area contributed by atoms with Gasteiger partial charge in [-0.05, 0) is 81.1 Å². The molecule has 3 rings (SSSR count). The van der Waals surface area contributed by atoms with E-state index in [1.54, 1.807) is 24.3 Å². The quantitative estimate of drug-likeness (QED) is 0.205. The smallest absolute Gasteiger partial charge is 0.329 e. The molecule has 2 aromatic rings. The second-order valence-corrected chi connectivity index (χ2v) is 8.65. The fourth-order valence-electron chi connectivity index (χ4n) is 2.72. The number of urea groups is 1. The number of benzene rings is 2. The van der Waals surface area contributed by atoms with E-state index in [0.717, 1.165) is 12.0 Å². The zero-order chi connectivity index (χ0) is 22.5. The van der Waals surface area contributed by atoms with Crippen LogP contribution in [0.3, 0.4) is 0 Å². The lowest BCUT2D eigenvalue weighted by molar-refractivity contribution is -0.127. The van der Waals surface area contributed by atoms with Crippen molar-refractivity contribution >= 4 is 74.8 Å². The molecule has 31 heavy (non-hydrogen) atoms. The SMILES string of the molecule is C=CCOc1c(I)cc(/C=C2/NC(=O)N(CC(=O)Nc3ccccc3F)C2=O)cc1I. The Kier molecular flexibility index (Phi) is 7.64. The molecule has 4 amide bonds. The third kappa shape index (κ3) is 5.61. The molecule has 1 aliphatic heterocycles. The average Bonchev–Trinajstić information content (AvgIpc) is 2.96. The van der Waals surface area contributed by atoms with Gasteiger partial charge in [-0.3, -0.25) is 9.59 Å². The Balaban J connectivity index is 1.74. The van der Waals surface area contributed by atoms with E-state index in [1.807, 2.05) is 0 Å². The van der Waals surface area contributed by atoms with Gasteiger partial charge in [0.25, 0.3) is 5.91 Å². The lowest BCUT2D eigenvalue weighted by Gasteiger charge is -2.12. The van der Waals surface area contributed by atoms with Gasteiger partial charge in [0.15, 0.2) is 0 Å². The molecule has 10 heteroatoms. The molecular formula is C21H16FI2N3O4. The largest absolute Gasteiger partial charge is 0.487 e. The zero-order valence-corrected chi connectivity index (χ0v) is 20.3. The van der Waals surface area contributed by atoms with Crippen molar-refractivity contribution in [1.82, 2.24) is 10.2 Å². The number of anilines is 1. The number of ether oxygens (including phenoxy) is 1. The number of halogens is 3. The van der Waals surface area contributed by atoms with Gasteiger partial charge >= 0.3 is 6.03 Å². The Bertz CT molecular complexity index is 1080. The van der Waals surface area contributed by atoms with Gasteiger partial charge in [-0.15, -0.1) is 0 Å². The van der Waals surface area contributed by atoms with Crippen LogP contribution < -0.4 is 15.4 Å². The van der Waals surface area contributed by atoms with E-state index in [4.69, 9.17) is 4.74 Å². The zero-order valence-electron chi connectivity index (χ0n) is 16.0. The molecule has 0 saturated carbocycles. The van der Waals surface area contributed by atoms with Crippen LogP contribution in [-0.2, 0) is 9.59 Å². The molecular weight excluding hydrogens is 631 g/mol. The molecule has 0 spiro atoms. The standard InChI is InChI=1S/C21H16FI2N3O4/c1-2-7-31-19-14(23)8-12(9-15(19)24)10-17-20(29)27(21(30)26-17)11-18(28)25-16-6-4-3-5-13(16)22/h2-6,8-10H,1,7,11H2,(H,25,28)(H,26,30)/b17-10+.